The van der Waals surface area contributed by atoms with E-state index in [-0.39, 0.29) is 12.2 Å². The summed E-state index contributed by atoms with van der Waals surface area (Å²) in [6.45, 7) is -0.845. The largest absolute Gasteiger partial charge is 0.508 e. The number of aliphatic carboxylic acids is 1. The minimum atomic E-state index is -1.56. The number of amides is 3. The predicted molar refractivity (Wildman–Crippen MR) is 92.2 cm³/mol. The van der Waals surface area contributed by atoms with Crippen molar-refractivity contribution in [2.24, 2.45) is 11.5 Å². The summed E-state index contributed by atoms with van der Waals surface area (Å²) in [5.74, 6) is -3.96. The van der Waals surface area contributed by atoms with Crippen molar-refractivity contribution in [2.45, 2.75) is 31.0 Å². The normalized spacial score (nSPS) is 13.9. The molecule has 0 spiro atoms. The Balaban J connectivity index is 2.95. The van der Waals surface area contributed by atoms with E-state index < -0.39 is 54.8 Å². The number of aliphatic hydroxyl groups excluding tert-OH is 1. The Morgan fingerprint density at radius 3 is 2.04 bits per heavy atom. The summed E-state index contributed by atoms with van der Waals surface area (Å²) in [4.78, 5) is 46.3. The molecule has 1 aromatic carbocycles. The zero-order valence-corrected chi connectivity index (χ0v) is 14.3. The number of carboxylic acid groups (broad SMARTS) is 1. The van der Waals surface area contributed by atoms with Crippen LogP contribution in [0.25, 0.3) is 0 Å². The van der Waals surface area contributed by atoms with Crippen molar-refractivity contribution < 1.29 is 34.5 Å². The summed E-state index contributed by atoms with van der Waals surface area (Å²) in [7, 11) is 0. The van der Waals surface area contributed by atoms with Gasteiger partial charge in [-0.1, -0.05) is 12.1 Å². The molecule has 3 unspecified atom stereocenters. The minimum absolute atomic E-state index is 0.00140. The Bertz CT molecular complexity index is 693. The maximum absolute atomic E-state index is 12.4. The van der Waals surface area contributed by atoms with Crippen LogP contribution in [0.1, 0.15) is 12.0 Å². The molecule has 0 heterocycles. The maximum Gasteiger partial charge on any atom is 0.328 e. The first kappa shape index (κ1) is 21.9. The van der Waals surface area contributed by atoms with Gasteiger partial charge in [-0.3, -0.25) is 14.4 Å². The Hall–Kier alpha value is -3.18. The fraction of sp³-hybridized carbons (Fsp3) is 0.375. The number of hydrogen-bond donors (Lipinski definition) is 7. The van der Waals surface area contributed by atoms with E-state index >= 15 is 0 Å². The maximum atomic E-state index is 12.4. The zero-order chi connectivity index (χ0) is 20.6. The lowest BCUT2D eigenvalue weighted by Crippen LogP contribution is -2.56. The van der Waals surface area contributed by atoms with Crippen molar-refractivity contribution in [3.63, 3.8) is 0 Å². The van der Waals surface area contributed by atoms with Gasteiger partial charge >= 0.3 is 5.97 Å². The quantitative estimate of drug-likeness (QED) is 0.224. The van der Waals surface area contributed by atoms with Crippen LogP contribution in [0.5, 0.6) is 5.75 Å². The van der Waals surface area contributed by atoms with Crippen molar-refractivity contribution in [1.82, 2.24) is 10.6 Å². The van der Waals surface area contributed by atoms with Crippen LogP contribution in [0.2, 0.25) is 0 Å². The number of aliphatic hydroxyl groups is 1. The highest BCUT2D eigenvalue weighted by molar-refractivity contribution is 5.93. The minimum Gasteiger partial charge on any atom is -0.508 e. The van der Waals surface area contributed by atoms with Gasteiger partial charge in [0.15, 0.2) is 0 Å². The van der Waals surface area contributed by atoms with Gasteiger partial charge in [0, 0.05) is 6.42 Å². The number of hydrogen-bond acceptors (Lipinski definition) is 7. The monoisotopic (exact) mass is 382 g/mol. The molecule has 3 amide bonds. The highest BCUT2D eigenvalue weighted by Crippen LogP contribution is 2.11. The Labute approximate surface area is 154 Å². The summed E-state index contributed by atoms with van der Waals surface area (Å²) in [6, 6.07) is 1.67. The second-order valence-corrected chi connectivity index (χ2v) is 5.79. The molecule has 148 valence electrons. The molecular weight excluding hydrogens is 360 g/mol. The lowest BCUT2D eigenvalue weighted by Gasteiger charge is -2.22. The van der Waals surface area contributed by atoms with Gasteiger partial charge in [-0.05, 0) is 17.7 Å². The van der Waals surface area contributed by atoms with Crippen molar-refractivity contribution in [3.8, 4) is 5.75 Å². The van der Waals surface area contributed by atoms with Crippen LogP contribution in [-0.2, 0) is 25.6 Å². The number of carbonyl (C=O) groups is 4. The smallest absolute Gasteiger partial charge is 0.328 e. The number of primary amides is 1. The van der Waals surface area contributed by atoms with E-state index in [1.54, 1.807) is 0 Å². The van der Waals surface area contributed by atoms with Crippen LogP contribution in [0.3, 0.4) is 0 Å². The SMILES string of the molecule is NC(=O)CC(N)C(=O)NC(Cc1ccc(O)cc1)C(=O)NC(CO)C(=O)O. The second-order valence-electron chi connectivity index (χ2n) is 5.79. The van der Waals surface area contributed by atoms with Gasteiger partial charge in [-0.15, -0.1) is 0 Å². The second kappa shape index (κ2) is 10.1. The number of nitrogens with two attached hydrogens (primary N) is 2. The fourth-order valence-electron chi connectivity index (χ4n) is 2.12. The third-order valence-corrected chi connectivity index (χ3v) is 3.56. The van der Waals surface area contributed by atoms with Crippen molar-refractivity contribution in [2.75, 3.05) is 6.61 Å². The van der Waals surface area contributed by atoms with Gasteiger partial charge < -0.3 is 37.4 Å². The number of nitrogens with one attached hydrogen (secondary N) is 2. The molecule has 11 heteroatoms. The number of rotatable bonds is 10. The first-order valence-electron chi connectivity index (χ1n) is 7.90. The van der Waals surface area contributed by atoms with E-state index in [1.807, 2.05) is 0 Å². The molecule has 27 heavy (non-hydrogen) atoms. The third-order valence-electron chi connectivity index (χ3n) is 3.56. The van der Waals surface area contributed by atoms with Crippen LogP contribution in [0, 0.1) is 0 Å². The number of phenols is 1. The number of carboxylic acids is 1. The molecule has 0 aromatic heterocycles. The summed E-state index contributed by atoms with van der Waals surface area (Å²) < 4.78 is 0. The summed E-state index contributed by atoms with van der Waals surface area (Å²) in [5, 5.41) is 31.7. The average molecular weight is 382 g/mol. The molecule has 0 saturated heterocycles. The molecule has 1 rings (SSSR count). The van der Waals surface area contributed by atoms with Gasteiger partial charge in [0.25, 0.3) is 0 Å². The molecular formula is C16H22N4O7. The first-order chi connectivity index (χ1) is 12.6. The van der Waals surface area contributed by atoms with Gasteiger partial charge in [-0.25, -0.2) is 4.79 Å². The van der Waals surface area contributed by atoms with Crippen molar-refractivity contribution in [1.29, 1.82) is 0 Å². The standard InChI is InChI=1S/C16H22N4O7/c17-10(6-13(18)23)14(24)19-11(5-8-1-3-9(22)4-2-8)15(25)20-12(7-21)16(26)27/h1-4,10-12,21-22H,5-7,17H2,(H2,18,23)(H,19,24)(H,20,25)(H,26,27). The van der Waals surface area contributed by atoms with E-state index in [1.165, 1.54) is 24.3 Å². The molecule has 3 atom stereocenters. The Morgan fingerprint density at radius 2 is 1.56 bits per heavy atom. The molecule has 0 fully saturated rings. The number of benzene rings is 1. The van der Waals surface area contributed by atoms with Crippen LogP contribution in [0.15, 0.2) is 24.3 Å². The van der Waals surface area contributed by atoms with E-state index in [0.717, 1.165) is 0 Å². The zero-order valence-electron chi connectivity index (χ0n) is 14.3. The summed E-state index contributed by atoms with van der Waals surface area (Å²) >= 11 is 0. The number of carbonyl (C=O) groups excluding carboxylic acids is 3. The van der Waals surface area contributed by atoms with E-state index in [4.69, 9.17) is 21.7 Å². The van der Waals surface area contributed by atoms with Crippen molar-refractivity contribution in [3.05, 3.63) is 29.8 Å². The van der Waals surface area contributed by atoms with E-state index in [2.05, 4.69) is 10.6 Å². The van der Waals surface area contributed by atoms with Crippen molar-refractivity contribution >= 4 is 23.7 Å². The topological polar surface area (TPSA) is 205 Å². The van der Waals surface area contributed by atoms with E-state index in [0.29, 0.717) is 5.56 Å². The van der Waals surface area contributed by atoms with E-state index in [9.17, 15) is 24.3 Å². The van der Waals surface area contributed by atoms with Gasteiger partial charge in [-0.2, -0.15) is 0 Å². The highest BCUT2D eigenvalue weighted by Gasteiger charge is 2.28. The van der Waals surface area contributed by atoms with Crippen LogP contribution >= 0.6 is 0 Å². The molecule has 0 aliphatic rings. The molecule has 1 aromatic rings. The number of phenolic OH excluding ortho intramolecular Hbond substituents is 1. The lowest BCUT2D eigenvalue weighted by atomic mass is 10.0. The van der Waals surface area contributed by atoms with Gasteiger partial charge in [0.2, 0.25) is 17.7 Å². The average Bonchev–Trinajstić information content (AvgIpc) is 2.59. The molecule has 0 aliphatic heterocycles. The summed E-state index contributed by atoms with van der Waals surface area (Å²) in [5.41, 5.74) is 11.1. The van der Waals surface area contributed by atoms with Gasteiger partial charge in [0.1, 0.15) is 17.8 Å². The molecule has 0 aliphatic carbocycles. The molecule has 0 radical (unpaired) electrons. The Kier molecular flexibility index (Phi) is 8.17. The lowest BCUT2D eigenvalue weighted by molar-refractivity contribution is -0.143. The fourth-order valence-corrected chi connectivity index (χ4v) is 2.12. The third kappa shape index (κ3) is 7.30. The van der Waals surface area contributed by atoms with Gasteiger partial charge in [0.05, 0.1) is 19.1 Å². The molecule has 0 saturated carbocycles. The summed E-state index contributed by atoms with van der Waals surface area (Å²) in [6.07, 6.45) is -0.493. The van der Waals surface area contributed by atoms with Crippen LogP contribution < -0.4 is 22.1 Å². The highest BCUT2D eigenvalue weighted by atomic mass is 16.4. The molecule has 0 bridgehead atoms. The predicted octanol–water partition coefficient (Wildman–Crippen LogP) is -2.82. The number of aromatic hydroxyl groups is 1. The Morgan fingerprint density at radius 1 is 1.00 bits per heavy atom. The van der Waals surface area contributed by atoms with Crippen LogP contribution in [0.4, 0.5) is 0 Å². The molecule has 9 N–H and O–H groups in total. The van der Waals surface area contributed by atoms with Crippen LogP contribution in [-0.4, -0.2) is 63.7 Å². The molecule has 11 nitrogen and oxygen atoms in total. The first-order valence-corrected chi connectivity index (χ1v) is 7.90.